The van der Waals surface area contributed by atoms with Crippen molar-refractivity contribution in [1.82, 2.24) is 0 Å². The molecular formula is C12H13NO2. The van der Waals surface area contributed by atoms with Crippen LogP contribution in [-0.4, -0.2) is 22.8 Å². The number of anilines is 1. The van der Waals surface area contributed by atoms with E-state index in [9.17, 15) is 10.2 Å². The average molecular weight is 203 g/mol. The number of fused-ring (bicyclic) bond motifs is 1. The minimum absolute atomic E-state index is 0.0327. The maximum absolute atomic E-state index is 9.49. The van der Waals surface area contributed by atoms with Crippen LogP contribution in [0.5, 0.6) is 11.5 Å². The van der Waals surface area contributed by atoms with Crippen LogP contribution in [0.4, 0.5) is 5.69 Å². The molecule has 3 nitrogen and oxygen atoms in total. The van der Waals surface area contributed by atoms with Gasteiger partial charge in [0.05, 0.1) is 0 Å². The molecular weight excluding hydrogens is 190 g/mol. The van der Waals surface area contributed by atoms with Crippen molar-refractivity contribution in [3.63, 3.8) is 0 Å². The van der Waals surface area contributed by atoms with E-state index in [1.54, 1.807) is 12.1 Å². The maximum atomic E-state index is 9.49. The molecule has 2 aliphatic rings. The Balaban J connectivity index is 2.10. The number of aromatic hydroxyl groups is 2. The van der Waals surface area contributed by atoms with Crippen molar-refractivity contribution in [3.05, 3.63) is 23.8 Å². The van der Waals surface area contributed by atoms with Crippen molar-refractivity contribution >= 4 is 11.8 Å². The van der Waals surface area contributed by atoms with Crippen molar-refractivity contribution in [3.8, 4) is 11.5 Å². The lowest BCUT2D eigenvalue weighted by Gasteiger charge is -2.28. The second kappa shape index (κ2) is 2.92. The molecule has 0 radical (unpaired) electrons. The van der Waals surface area contributed by atoms with Gasteiger partial charge in [-0.15, -0.1) is 0 Å². The molecule has 1 aromatic carbocycles. The molecule has 0 bridgehead atoms. The van der Waals surface area contributed by atoms with Gasteiger partial charge in [0.1, 0.15) is 0 Å². The lowest BCUT2D eigenvalue weighted by molar-refractivity contribution is 0.403. The first-order valence-corrected chi connectivity index (χ1v) is 5.25. The molecule has 0 saturated heterocycles. The molecule has 0 aromatic heterocycles. The van der Waals surface area contributed by atoms with Gasteiger partial charge in [0.2, 0.25) is 0 Å². The third-order valence-electron chi connectivity index (χ3n) is 3.02. The van der Waals surface area contributed by atoms with Gasteiger partial charge in [-0.1, -0.05) is 12.2 Å². The molecule has 0 amide bonds. The van der Waals surface area contributed by atoms with Crippen LogP contribution in [0, 0.1) is 0 Å². The zero-order valence-corrected chi connectivity index (χ0v) is 8.35. The molecule has 1 fully saturated rings. The number of hydrogen-bond acceptors (Lipinski definition) is 3. The largest absolute Gasteiger partial charge is 0.504 e. The summed E-state index contributed by atoms with van der Waals surface area (Å²) in [6.07, 6.45) is 6.55. The molecule has 0 spiro atoms. The molecule has 1 aromatic rings. The highest BCUT2D eigenvalue weighted by atomic mass is 16.3. The number of benzene rings is 1. The monoisotopic (exact) mass is 203 g/mol. The first kappa shape index (κ1) is 8.65. The van der Waals surface area contributed by atoms with Crippen LogP contribution in [0.15, 0.2) is 18.2 Å². The summed E-state index contributed by atoms with van der Waals surface area (Å²) in [5, 5.41) is 18.9. The topological polar surface area (TPSA) is 43.7 Å². The van der Waals surface area contributed by atoms with E-state index in [0.29, 0.717) is 6.04 Å². The predicted octanol–water partition coefficient (Wildman–Crippen LogP) is 2.09. The summed E-state index contributed by atoms with van der Waals surface area (Å²) >= 11 is 0. The van der Waals surface area contributed by atoms with E-state index in [4.69, 9.17) is 0 Å². The second-order valence-electron chi connectivity index (χ2n) is 4.19. The zero-order valence-electron chi connectivity index (χ0n) is 8.35. The SMILES string of the molecule is Oc1cc2c(cc1O)N(C1CC1)CC=C2. The minimum atomic E-state index is -0.0453. The summed E-state index contributed by atoms with van der Waals surface area (Å²) in [5.74, 6) is -0.0780. The van der Waals surface area contributed by atoms with Gasteiger partial charge in [0, 0.05) is 29.9 Å². The van der Waals surface area contributed by atoms with Crippen LogP contribution < -0.4 is 4.90 Å². The molecule has 3 heteroatoms. The highest BCUT2D eigenvalue weighted by Crippen LogP contribution is 2.40. The Bertz CT molecular complexity index is 435. The van der Waals surface area contributed by atoms with Crippen molar-refractivity contribution in [2.75, 3.05) is 11.4 Å². The van der Waals surface area contributed by atoms with Gasteiger partial charge in [0.15, 0.2) is 11.5 Å². The minimum Gasteiger partial charge on any atom is -0.504 e. The Labute approximate surface area is 88.3 Å². The standard InChI is InChI=1S/C12H13NO2/c14-11-6-8-2-1-5-13(9-3-4-9)10(8)7-12(11)15/h1-2,6-7,9,14-15H,3-5H2. The Morgan fingerprint density at radius 2 is 1.87 bits per heavy atom. The van der Waals surface area contributed by atoms with Crippen molar-refractivity contribution in [2.24, 2.45) is 0 Å². The molecule has 1 aliphatic heterocycles. The summed E-state index contributed by atoms with van der Waals surface area (Å²) in [5.41, 5.74) is 2.03. The van der Waals surface area contributed by atoms with Crippen LogP contribution in [-0.2, 0) is 0 Å². The fraction of sp³-hybridized carbons (Fsp3) is 0.333. The van der Waals surface area contributed by atoms with E-state index in [0.717, 1.165) is 17.8 Å². The van der Waals surface area contributed by atoms with Gasteiger partial charge in [-0.25, -0.2) is 0 Å². The third-order valence-corrected chi connectivity index (χ3v) is 3.02. The van der Waals surface area contributed by atoms with Crippen LogP contribution in [0.3, 0.4) is 0 Å². The van der Waals surface area contributed by atoms with Gasteiger partial charge in [-0.05, 0) is 18.9 Å². The van der Waals surface area contributed by atoms with E-state index in [2.05, 4.69) is 11.0 Å². The van der Waals surface area contributed by atoms with E-state index in [-0.39, 0.29) is 11.5 Å². The first-order valence-electron chi connectivity index (χ1n) is 5.25. The van der Waals surface area contributed by atoms with Crippen LogP contribution >= 0.6 is 0 Å². The van der Waals surface area contributed by atoms with E-state index in [1.807, 2.05) is 6.08 Å². The summed E-state index contributed by atoms with van der Waals surface area (Å²) in [6, 6.07) is 3.90. The quantitative estimate of drug-likeness (QED) is 0.687. The van der Waals surface area contributed by atoms with Crippen molar-refractivity contribution in [1.29, 1.82) is 0 Å². The first-order chi connectivity index (χ1) is 7.25. The number of phenolic OH excluding ortho intramolecular Hbond substituents is 2. The zero-order chi connectivity index (χ0) is 10.4. The molecule has 1 heterocycles. The summed E-state index contributed by atoms with van der Waals surface area (Å²) < 4.78 is 0. The summed E-state index contributed by atoms with van der Waals surface area (Å²) in [7, 11) is 0. The lowest BCUT2D eigenvalue weighted by atomic mass is 10.1. The average Bonchev–Trinajstić information content (AvgIpc) is 3.02. The fourth-order valence-electron chi connectivity index (χ4n) is 2.09. The van der Waals surface area contributed by atoms with Gasteiger partial charge in [0.25, 0.3) is 0 Å². The summed E-state index contributed by atoms with van der Waals surface area (Å²) in [4.78, 5) is 2.29. The number of rotatable bonds is 1. The third kappa shape index (κ3) is 1.35. The van der Waals surface area contributed by atoms with Gasteiger partial charge in [-0.2, -0.15) is 0 Å². The molecule has 0 unspecified atom stereocenters. The molecule has 0 atom stereocenters. The van der Waals surface area contributed by atoms with Gasteiger partial charge < -0.3 is 15.1 Å². The second-order valence-corrected chi connectivity index (χ2v) is 4.19. The molecule has 15 heavy (non-hydrogen) atoms. The van der Waals surface area contributed by atoms with E-state index in [1.165, 1.54) is 12.8 Å². The lowest BCUT2D eigenvalue weighted by Crippen LogP contribution is -2.28. The highest BCUT2D eigenvalue weighted by Gasteiger charge is 2.31. The Kier molecular flexibility index (Phi) is 1.69. The molecule has 1 saturated carbocycles. The number of nitrogens with zero attached hydrogens (tertiary/aromatic N) is 1. The number of hydrogen-bond donors (Lipinski definition) is 2. The molecule has 1 aliphatic carbocycles. The number of phenols is 2. The van der Waals surface area contributed by atoms with Gasteiger partial charge >= 0.3 is 0 Å². The normalized spacial score (nSPS) is 19.1. The fourth-order valence-corrected chi connectivity index (χ4v) is 2.09. The van der Waals surface area contributed by atoms with Gasteiger partial charge in [-0.3, -0.25) is 0 Å². The van der Waals surface area contributed by atoms with Crippen LogP contribution in [0.1, 0.15) is 18.4 Å². The maximum Gasteiger partial charge on any atom is 0.159 e. The molecule has 78 valence electrons. The smallest absolute Gasteiger partial charge is 0.159 e. The van der Waals surface area contributed by atoms with Crippen LogP contribution in [0.25, 0.3) is 6.08 Å². The Morgan fingerprint density at radius 1 is 1.13 bits per heavy atom. The molecule has 2 N–H and O–H groups in total. The Morgan fingerprint density at radius 3 is 2.60 bits per heavy atom. The van der Waals surface area contributed by atoms with Crippen molar-refractivity contribution < 1.29 is 10.2 Å². The van der Waals surface area contributed by atoms with E-state index < -0.39 is 0 Å². The Hall–Kier alpha value is -1.64. The predicted molar refractivity (Wildman–Crippen MR) is 59.2 cm³/mol. The van der Waals surface area contributed by atoms with Crippen molar-refractivity contribution in [2.45, 2.75) is 18.9 Å². The highest BCUT2D eigenvalue weighted by molar-refractivity contribution is 5.75. The van der Waals surface area contributed by atoms with Crippen LogP contribution in [0.2, 0.25) is 0 Å². The summed E-state index contributed by atoms with van der Waals surface area (Å²) in [6.45, 7) is 0.905. The molecule has 3 rings (SSSR count). The van der Waals surface area contributed by atoms with E-state index >= 15 is 0 Å².